The summed E-state index contributed by atoms with van der Waals surface area (Å²) in [5, 5.41) is 8.45. The number of halogens is 1. The van der Waals surface area contributed by atoms with E-state index in [0.717, 1.165) is 0 Å². The van der Waals surface area contributed by atoms with Crippen LogP contribution >= 0.6 is 0 Å². The van der Waals surface area contributed by atoms with Gasteiger partial charge in [0.15, 0.2) is 0 Å². The van der Waals surface area contributed by atoms with E-state index in [9.17, 15) is 9.18 Å². The van der Waals surface area contributed by atoms with Gasteiger partial charge in [0.2, 0.25) is 5.95 Å². The molecule has 1 amide bonds. The molecule has 0 unspecified atom stereocenters. The van der Waals surface area contributed by atoms with Crippen molar-refractivity contribution < 1.29 is 9.18 Å². The summed E-state index contributed by atoms with van der Waals surface area (Å²) < 4.78 is 13.0. The Hall–Kier alpha value is -2.24. The highest BCUT2D eigenvalue weighted by Crippen LogP contribution is 2.10. The summed E-state index contributed by atoms with van der Waals surface area (Å²) in [6.45, 7) is 0. The molecule has 0 aromatic carbocycles. The van der Waals surface area contributed by atoms with Crippen LogP contribution in [0.3, 0.4) is 0 Å². The Morgan fingerprint density at radius 1 is 1.40 bits per heavy atom. The highest BCUT2D eigenvalue weighted by molar-refractivity contribution is 6.02. The van der Waals surface area contributed by atoms with Crippen LogP contribution in [0.2, 0.25) is 0 Å². The summed E-state index contributed by atoms with van der Waals surface area (Å²) in [7, 11) is 0. The number of rotatable bonds is 2. The number of pyridine rings is 1. The fourth-order valence-corrected chi connectivity index (χ4v) is 1.05. The van der Waals surface area contributed by atoms with Crippen molar-refractivity contribution in [3.05, 3.63) is 42.2 Å². The molecule has 0 aliphatic rings. The van der Waals surface area contributed by atoms with Crippen LogP contribution in [0.5, 0.6) is 0 Å². The van der Waals surface area contributed by atoms with Crippen LogP contribution in [0.1, 0.15) is 10.5 Å². The molecule has 0 atom stereocenters. The predicted molar refractivity (Wildman–Crippen MR) is 50.7 cm³/mol. The fourth-order valence-electron chi connectivity index (χ4n) is 1.05. The third kappa shape index (κ3) is 1.98. The molecule has 2 aromatic rings. The number of hydrogen-bond donors (Lipinski definition) is 2. The molecule has 0 aliphatic heterocycles. The van der Waals surface area contributed by atoms with E-state index in [2.05, 4.69) is 20.5 Å². The van der Waals surface area contributed by atoms with E-state index in [1.807, 2.05) is 0 Å². The molecular formula is C9H7FN4O. The third-order valence-corrected chi connectivity index (χ3v) is 1.75. The first kappa shape index (κ1) is 9.32. The van der Waals surface area contributed by atoms with E-state index in [1.54, 1.807) is 0 Å². The van der Waals surface area contributed by atoms with Gasteiger partial charge in [-0.05, 0) is 18.2 Å². The molecular weight excluding hydrogens is 199 g/mol. The molecule has 0 radical (unpaired) electrons. The summed E-state index contributed by atoms with van der Waals surface area (Å²) in [6.07, 6.45) is 2.75. The van der Waals surface area contributed by atoms with Crippen molar-refractivity contribution in [3.63, 3.8) is 0 Å². The second-order valence-corrected chi connectivity index (χ2v) is 2.77. The summed E-state index contributed by atoms with van der Waals surface area (Å²) in [5.74, 6) is -1.18. The van der Waals surface area contributed by atoms with Crippen molar-refractivity contribution in [2.24, 2.45) is 0 Å². The second kappa shape index (κ2) is 3.87. The van der Waals surface area contributed by atoms with Gasteiger partial charge in [-0.25, -0.2) is 4.98 Å². The summed E-state index contributed by atoms with van der Waals surface area (Å²) in [6, 6.07) is 4.45. The van der Waals surface area contributed by atoms with E-state index in [-0.39, 0.29) is 11.4 Å². The molecule has 76 valence electrons. The van der Waals surface area contributed by atoms with Crippen molar-refractivity contribution in [1.82, 2.24) is 15.2 Å². The molecule has 0 spiro atoms. The molecule has 5 nitrogen and oxygen atoms in total. The molecule has 2 aromatic heterocycles. The minimum Gasteiger partial charge on any atom is -0.317 e. The maximum atomic E-state index is 13.0. The molecule has 0 fully saturated rings. The Morgan fingerprint density at radius 2 is 2.27 bits per heavy atom. The SMILES string of the molecule is O=C(Nc1cccnc1F)c1ccn[nH]1. The number of aromatic nitrogens is 3. The number of carbonyl (C=O) groups is 1. The Labute approximate surface area is 84.3 Å². The lowest BCUT2D eigenvalue weighted by molar-refractivity contribution is 0.102. The van der Waals surface area contributed by atoms with Gasteiger partial charge in [-0.2, -0.15) is 9.49 Å². The lowest BCUT2D eigenvalue weighted by Gasteiger charge is -2.02. The highest BCUT2D eigenvalue weighted by atomic mass is 19.1. The van der Waals surface area contributed by atoms with Gasteiger partial charge in [0.25, 0.3) is 5.91 Å². The molecule has 6 heteroatoms. The molecule has 0 bridgehead atoms. The number of nitrogens with one attached hydrogen (secondary N) is 2. The number of hydrogen-bond acceptors (Lipinski definition) is 3. The van der Waals surface area contributed by atoms with Gasteiger partial charge in [-0.15, -0.1) is 0 Å². The van der Waals surface area contributed by atoms with Crippen LogP contribution in [0.15, 0.2) is 30.6 Å². The van der Waals surface area contributed by atoms with Gasteiger partial charge in [-0.1, -0.05) is 0 Å². The lowest BCUT2D eigenvalue weighted by atomic mass is 10.3. The van der Waals surface area contributed by atoms with Gasteiger partial charge in [-0.3, -0.25) is 9.89 Å². The van der Waals surface area contributed by atoms with Crippen LogP contribution in [-0.2, 0) is 0 Å². The first-order chi connectivity index (χ1) is 7.27. The molecule has 15 heavy (non-hydrogen) atoms. The lowest BCUT2D eigenvalue weighted by Crippen LogP contribution is -2.13. The van der Waals surface area contributed by atoms with E-state index < -0.39 is 11.9 Å². The summed E-state index contributed by atoms with van der Waals surface area (Å²) in [5.41, 5.74) is 0.301. The van der Waals surface area contributed by atoms with Crippen molar-refractivity contribution >= 4 is 11.6 Å². The molecule has 2 heterocycles. The van der Waals surface area contributed by atoms with Gasteiger partial charge < -0.3 is 5.32 Å². The minimum atomic E-state index is -0.717. The average Bonchev–Trinajstić information content (AvgIpc) is 2.74. The van der Waals surface area contributed by atoms with Crippen LogP contribution in [0, 0.1) is 5.95 Å². The van der Waals surface area contributed by atoms with Gasteiger partial charge in [0.1, 0.15) is 5.69 Å². The van der Waals surface area contributed by atoms with Crippen molar-refractivity contribution in [2.75, 3.05) is 5.32 Å². The predicted octanol–water partition coefficient (Wildman–Crippen LogP) is 1.20. The largest absolute Gasteiger partial charge is 0.317 e. The third-order valence-electron chi connectivity index (χ3n) is 1.75. The molecule has 2 N–H and O–H groups in total. The Bertz CT molecular complexity index is 469. The number of carbonyl (C=O) groups excluding carboxylic acids is 1. The summed E-state index contributed by atoms with van der Waals surface area (Å²) in [4.78, 5) is 14.9. The standard InChI is InChI=1S/C9H7FN4O/c10-8-6(2-1-4-11-8)13-9(15)7-3-5-12-14-7/h1-5H,(H,12,14)(H,13,15). The molecule has 0 saturated heterocycles. The Balaban J connectivity index is 2.17. The van der Waals surface area contributed by atoms with Gasteiger partial charge in [0, 0.05) is 12.4 Å². The van der Waals surface area contributed by atoms with Gasteiger partial charge >= 0.3 is 0 Å². The quantitative estimate of drug-likeness (QED) is 0.725. The van der Waals surface area contributed by atoms with Crippen molar-refractivity contribution in [3.8, 4) is 0 Å². The zero-order valence-electron chi connectivity index (χ0n) is 7.57. The fraction of sp³-hybridized carbons (Fsp3) is 0. The monoisotopic (exact) mass is 206 g/mol. The Kier molecular flexibility index (Phi) is 2.40. The van der Waals surface area contributed by atoms with Crippen LogP contribution in [0.25, 0.3) is 0 Å². The topological polar surface area (TPSA) is 70.7 Å². The number of anilines is 1. The molecule has 0 aliphatic carbocycles. The second-order valence-electron chi connectivity index (χ2n) is 2.77. The highest BCUT2D eigenvalue weighted by Gasteiger charge is 2.09. The molecule has 2 rings (SSSR count). The first-order valence-corrected chi connectivity index (χ1v) is 4.18. The zero-order chi connectivity index (χ0) is 10.7. The summed E-state index contributed by atoms with van der Waals surface area (Å²) >= 11 is 0. The smallest absolute Gasteiger partial charge is 0.273 e. The number of nitrogens with zero attached hydrogens (tertiary/aromatic N) is 2. The zero-order valence-corrected chi connectivity index (χ0v) is 7.57. The number of aromatic amines is 1. The maximum absolute atomic E-state index is 13.0. The number of H-pyrrole nitrogens is 1. The number of amides is 1. The normalized spacial score (nSPS) is 9.93. The van der Waals surface area contributed by atoms with Crippen molar-refractivity contribution in [1.29, 1.82) is 0 Å². The van der Waals surface area contributed by atoms with E-state index >= 15 is 0 Å². The van der Waals surface area contributed by atoms with E-state index in [0.29, 0.717) is 0 Å². The molecule has 0 saturated carbocycles. The van der Waals surface area contributed by atoms with Crippen LogP contribution < -0.4 is 5.32 Å². The minimum absolute atomic E-state index is 0.0390. The van der Waals surface area contributed by atoms with E-state index in [4.69, 9.17) is 0 Å². The van der Waals surface area contributed by atoms with Crippen LogP contribution in [-0.4, -0.2) is 21.1 Å². The maximum Gasteiger partial charge on any atom is 0.273 e. The van der Waals surface area contributed by atoms with E-state index in [1.165, 1.54) is 30.6 Å². The van der Waals surface area contributed by atoms with Crippen LogP contribution in [0.4, 0.5) is 10.1 Å². The average molecular weight is 206 g/mol. The Morgan fingerprint density at radius 3 is 2.93 bits per heavy atom. The van der Waals surface area contributed by atoms with Crippen molar-refractivity contribution in [2.45, 2.75) is 0 Å². The first-order valence-electron chi connectivity index (χ1n) is 4.18. The van der Waals surface area contributed by atoms with Gasteiger partial charge in [0.05, 0.1) is 5.69 Å².